The quantitative estimate of drug-likeness (QED) is 0.696. The van der Waals surface area contributed by atoms with Crippen LogP contribution in [0.3, 0.4) is 0 Å². The van der Waals surface area contributed by atoms with Crippen LogP contribution in [-0.4, -0.2) is 32.4 Å². The molecule has 28 heavy (non-hydrogen) atoms. The summed E-state index contributed by atoms with van der Waals surface area (Å²) in [4.78, 5) is 7.19. The molecule has 0 bridgehead atoms. The minimum Gasteiger partial charge on any atom is -0.490 e. The van der Waals surface area contributed by atoms with Crippen molar-refractivity contribution >= 4 is 17.4 Å². The van der Waals surface area contributed by atoms with Gasteiger partial charge in [-0.15, -0.1) is 0 Å². The Hall–Kier alpha value is -2.03. The molecule has 1 N–H and O–H groups in total. The molecule has 0 aliphatic heterocycles. The summed E-state index contributed by atoms with van der Waals surface area (Å²) in [5.41, 5.74) is -0.0845. The first-order valence-electron chi connectivity index (χ1n) is 9.36. The molecule has 0 radical (unpaired) electrons. The molecular weight excluding hydrogens is 395 g/mol. The van der Waals surface area contributed by atoms with E-state index in [1.807, 2.05) is 17.8 Å². The third-order valence-electron chi connectivity index (χ3n) is 5.58. The highest BCUT2D eigenvalue weighted by molar-refractivity contribution is 6.28. The van der Waals surface area contributed by atoms with E-state index in [1.54, 1.807) is 0 Å². The average molecular weight is 416 g/mol. The molecule has 0 aromatic carbocycles. The predicted molar refractivity (Wildman–Crippen MR) is 97.5 cm³/mol. The lowest BCUT2D eigenvalue weighted by Crippen LogP contribution is -2.42. The second kappa shape index (κ2) is 7.42. The van der Waals surface area contributed by atoms with Crippen LogP contribution in [0.4, 0.5) is 19.0 Å². The van der Waals surface area contributed by atoms with Crippen LogP contribution in [0.1, 0.15) is 49.4 Å². The fourth-order valence-electron chi connectivity index (χ4n) is 3.45. The van der Waals surface area contributed by atoms with Gasteiger partial charge in [-0.1, -0.05) is 0 Å². The molecule has 2 aromatic rings. The van der Waals surface area contributed by atoms with Crippen molar-refractivity contribution in [1.29, 1.82) is 0 Å². The molecule has 2 heterocycles. The van der Waals surface area contributed by atoms with Gasteiger partial charge in [-0.25, -0.2) is 9.97 Å². The fourth-order valence-corrected chi connectivity index (χ4v) is 3.59. The van der Waals surface area contributed by atoms with Crippen molar-refractivity contribution in [3.05, 3.63) is 28.9 Å². The van der Waals surface area contributed by atoms with E-state index in [4.69, 9.17) is 16.3 Å². The second-order valence-corrected chi connectivity index (χ2v) is 7.78. The van der Waals surface area contributed by atoms with Gasteiger partial charge in [0.1, 0.15) is 17.1 Å². The summed E-state index contributed by atoms with van der Waals surface area (Å²) >= 11 is 5.69. The molecule has 2 fully saturated rings. The second-order valence-electron chi connectivity index (χ2n) is 7.44. The van der Waals surface area contributed by atoms with E-state index in [0.29, 0.717) is 18.8 Å². The van der Waals surface area contributed by atoms with Gasteiger partial charge in [-0.05, 0) is 50.6 Å². The molecule has 0 spiro atoms. The van der Waals surface area contributed by atoms with E-state index in [1.165, 1.54) is 6.42 Å². The Bertz CT molecular complexity index is 852. The smallest absolute Gasteiger partial charge is 0.421 e. The maximum atomic E-state index is 13.2. The lowest BCUT2D eigenvalue weighted by Gasteiger charge is -2.37. The SMILES string of the molecule is Cc1nn(C2CCC2)cc1OC[C@@H]1CC[C@H]1Nc1nc(Cl)ncc1C(F)(F)F. The zero-order valence-corrected chi connectivity index (χ0v) is 16.1. The number of nitrogens with zero attached hydrogens (tertiary/aromatic N) is 4. The number of ether oxygens (including phenoxy) is 1. The summed E-state index contributed by atoms with van der Waals surface area (Å²) in [7, 11) is 0. The molecule has 2 aromatic heterocycles. The summed E-state index contributed by atoms with van der Waals surface area (Å²) in [6.45, 7) is 2.31. The van der Waals surface area contributed by atoms with Gasteiger partial charge in [0.15, 0.2) is 5.75 Å². The molecule has 0 amide bonds. The topological polar surface area (TPSA) is 64.9 Å². The van der Waals surface area contributed by atoms with E-state index in [-0.39, 0.29) is 23.1 Å². The van der Waals surface area contributed by atoms with E-state index < -0.39 is 11.7 Å². The van der Waals surface area contributed by atoms with Gasteiger partial charge < -0.3 is 10.1 Å². The Morgan fingerprint density at radius 3 is 2.68 bits per heavy atom. The number of aryl methyl sites for hydroxylation is 1. The highest BCUT2D eigenvalue weighted by Gasteiger charge is 2.38. The number of aromatic nitrogens is 4. The zero-order chi connectivity index (χ0) is 19.9. The first kappa shape index (κ1) is 19.3. The highest BCUT2D eigenvalue weighted by Crippen LogP contribution is 2.38. The van der Waals surface area contributed by atoms with Gasteiger partial charge in [0, 0.05) is 18.2 Å². The molecule has 2 aliphatic rings. The number of rotatable bonds is 6. The predicted octanol–water partition coefficient (Wildman–Crippen LogP) is 4.65. The van der Waals surface area contributed by atoms with Crippen LogP contribution in [-0.2, 0) is 6.18 Å². The number of anilines is 1. The van der Waals surface area contributed by atoms with Crippen LogP contribution in [0.5, 0.6) is 5.75 Å². The van der Waals surface area contributed by atoms with Crippen LogP contribution in [0, 0.1) is 12.8 Å². The summed E-state index contributed by atoms with van der Waals surface area (Å²) in [5.74, 6) is 0.538. The number of hydrogen-bond donors (Lipinski definition) is 1. The van der Waals surface area contributed by atoms with Crippen molar-refractivity contribution in [2.45, 2.75) is 57.3 Å². The average Bonchev–Trinajstić information content (AvgIpc) is 2.89. The normalized spacial score (nSPS) is 22.5. The van der Waals surface area contributed by atoms with Crippen molar-refractivity contribution in [3.63, 3.8) is 0 Å². The van der Waals surface area contributed by atoms with Crippen LogP contribution in [0.25, 0.3) is 0 Å². The van der Waals surface area contributed by atoms with Crippen molar-refractivity contribution in [1.82, 2.24) is 19.7 Å². The molecule has 0 unspecified atom stereocenters. The Balaban J connectivity index is 1.38. The Labute approximate surface area is 165 Å². The van der Waals surface area contributed by atoms with Crippen LogP contribution in [0.15, 0.2) is 12.4 Å². The molecule has 2 aliphatic carbocycles. The van der Waals surface area contributed by atoms with Crippen LogP contribution < -0.4 is 10.1 Å². The van der Waals surface area contributed by atoms with Gasteiger partial charge in [0.05, 0.1) is 18.8 Å². The van der Waals surface area contributed by atoms with E-state index in [2.05, 4.69) is 20.4 Å². The molecule has 6 nitrogen and oxygen atoms in total. The Kier molecular flexibility index (Phi) is 5.11. The lowest BCUT2D eigenvalue weighted by molar-refractivity contribution is -0.137. The number of hydrogen-bond acceptors (Lipinski definition) is 5. The summed E-state index contributed by atoms with van der Waals surface area (Å²) in [5, 5.41) is 7.17. The van der Waals surface area contributed by atoms with Crippen molar-refractivity contribution in [2.75, 3.05) is 11.9 Å². The Morgan fingerprint density at radius 1 is 1.29 bits per heavy atom. The summed E-state index contributed by atoms with van der Waals surface area (Å²) < 4.78 is 47.4. The van der Waals surface area contributed by atoms with Crippen LogP contribution in [0.2, 0.25) is 5.28 Å². The van der Waals surface area contributed by atoms with E-state index in [0.717, 1.165) is 37.1 Å². The third-order valence-corrected chi connectivity index (χ3v) is 5.76. The lowest BCUT2D eigenvalue weighted by atomic mass is 9.80. The van der Waals surface area contributed by atoms with E-state index in [9.17, 15) is 13.2 Å². The molecule has 2 atom stereocenters. The molecule has 10 heteroatoms. The minimum absolute atomic E-state index is 0.0845. The Morgan fingerprint density at radius 2 is 2.07 bits per heavy atom. The van der Waals surface area contributed by atoms with Gasteiger partial charge >= 0.3 is 6.18 Å². The standard InChI is InChI=1S/C18H21ClF3N5O/c1-10-15(8-27(26-10)12-3-2-4-12)28-9-11-5-6-14(11)24-16-13(18(20,21)22)7-23-17(19)25-16/h7-8,11-12,14H,2-6,9H2,1H3,(H,23,24,25)/t11-,14+/m0/s1. The molecule has 4 rings (SSSR count). The number of nitrogens with one attached hydrogen (secondary N) is 1. The molecule has 0 saturated heterocycles. The summed E-state index contributed by atoms with van der Waals surface area (Å²) in [6, 6.07) is 0.298. The van der Waals surface area contributed by atoms with Gasteiger partial charge in [0.2, 0.25) is 5.28 Å². The minimum atomic E-state index is -4.55. The first-order chi connectivity index (χ1) is 13.3. The number of alkyl halides is 3. The van der Waals surface area contributed by atoms with Crippen molar-refractivity contribution < 1.29 is 17.9 Å². The number of halogens is 4. The van der Waals surface area contributed by atoms with E-state index >= 15 is 0 Å². The fraction of sp³-hybridized carbons (Fsp3) is 0.611. The zero-order valence-electron chi connectivity index (χ0n) is 15.3. The van der Waals surface area contributed by atoms with Crippen LogP contribution >= 0.6 is 11.6 Å². The monoisotopic (exact) mass is 415 g/mol. The third kappa shape index (κ3) is 3.90. The maximum absolute atomic E-state index is 13.2. The van der Waals surface area contributed by atoms with Gasteiger partial charge in [-0.2, -0.15) is 18.3 Å². The van der Waals surface area contributed by atoms with Crippen molar-refractivity contribution in [3.8, 4) is 5.75 Å². The maximum Gasteiger partial charge on any atom is 0.421 e. The summed E-state index contributed by atoms with van der Waals surface area (Å²) in [6.07, 6.45) is 3.20. The van der Waals surface area contributed by atoms with Gasteiger partial charge in [-0.3, -0.25) is 4.68 Å². The highest BCUT2D eigenvalue weighted by atomic mass is 35.5. The van der Waals surface area contributed by atoms with Gasteiger partial charge in [0.25, 0.3) is 0 Å². The molecular formula is C18H21ClF3N5O. The molecule has 2 saturated carbocycles. The first-order valence-corrected chi connectivity index (χ1v) is 9.74. The molecule has 152 valence electrons. The van der Waals surface area contributed by atoms with Crippen molar-refractivity contribution in [2.24, 2.45) is 5.92 Å². The largest absolute Gasteiger partial charge is 0.490 e.